The number of carbonyl (C=O) groups excluding carboxylic acids is 2. The maximum Gasteiger partial charge on any atom is 0.176 e. The first-order valence-corrected chi connectivity index (χ1v) is 8.52. The van der Waals surface area contributed by atoms with Crippen LogP contribution in [-0.2, 0) is 4.79 Å². The number of carbonyl (C=O) groups is 2. The van der Waals surface area contributed by atoms with Crippen molar-refractivity contribution in [2.24, 2.45) is 11.0 Å². The van der Waals surface area contributed by atoms with Crippen LogP contribution in [0.2, 0.25) is 15.1 Å². The van der Waals surface area contributed by atoms with E-state index in [-0.39, 0.29) is 17.3 Å². The molecule has 0 heterocycles. The third-order valence-electron chi connectivity index (χ3n) is 3.52. The van der Waals surface area contributed by atoms with E-state index in [0.29, 0.717) is 26.3 Å². The molecule has 4 nitrogen and oxygen atoms in total. The van der Waals surface area contributed by atoms with Gasteiger partial charge in [-0.3, -0.25) is 15.0 Å². The lowest BCUT2D eigenvalue weighted by molar-refractivity contribution is -0.111. The van der Waals surface area contributed by atoms with Gasteiger partial charge >= 0.3 is 0 Å². The first-order valence-electron chi connectivity index (χ1n) is 7.39. The number of rotatable bonds is 6. The van der Waals surface area contributed by atoms with Crippen LogP contribution in [0.5, 0.6) is 0 Å². The van der Waals surface area contributed by atoms with Gasteiger partial charge in [0.15, 0.2) is 11.6 Å². The molecule has 0 aromatic heterocycles. The molecule has 1 atom stereocenters. The Morgan fingerprint density at radius 1 is 1.00 bits per heavy atom. The lowest BCUT2D eigenvalue weighted by Gasteiger charge is -2.13. The number of Topliss-reactive ketones (excluding diaryl/α,β-unsaturated/α-hetero) is 2. The molecule has 0 saturated carbocycles. The van der Waals surface area contributed by atoms with Crippen LogP contribution in [-0.4, -0.2) is 17.3 Å². The Hall–Kier alpha value is -1.88. The molecule has 2 rings (SSSR count). The highest BCUT2D eigenvalue weighted by atomic mass is 35.5. The van der Waals surface area contributed by atoms with Gasteiger partial charge < -0.3 is 0 Å². The van der Waals surface area contributed by atoms with Crippen LogP contribution >= 0.6 is 34.8 Å². The maximum absolute atomic E-state index is 12.6. The Balaban J connectivity index is 2.25. The zero-order valence-electron chi connectivity index (χ0n) is 13.5. The molecular weight excluding hydrogens is 383 g/mol. The molecule has 0 bridgehead atoms. The van der Waals surface area contributed by atoms with E-state index in [2.05, 4.69) is 10.5 Å². The molecule has 0 fully saturated rings. The van der Waals surface area contributed by atoms with Crippen molar-refractivity contribution < 1.29 is 9.59 Å². The molecule has 7 heteroatoms. The molecule has 0 radical (unpaired) electrons. The van der Waals surface area contributed by atoms with E-state index < -0.39 is 5.92 Å². The van der Waals surface area contributed by atoms with Crippen molar-refractivity contribution in [1.82, 2.24) is 0 Å². The number of hydrogen-bond donors (Lipinski definition) is 1. The van der Waals surface area contributed by atoms with Gasteiger partial charge in [0.05, 0.1) is 16.6 Å². The summed E-state index contributed by atoms with van der Waals surface area (Å²) < 4.78 is 0. The molecule has 0 aliphatic heterocycles. The molecule has 0 amide bonds. The van der Waals surface area contributed by atoms with Crippen LogP contribution in [0.4, 0.5) is 5.69 Å². The summed E-state index contributed by atoms with van der Waals surface area (Å²) in [5, 5.41) is 5.46. The molecule has 0 aliphatic rings. The molecule has 2 aromatic carbocycles. The van der Waals surface area contributed by atoms with Gasteiger partial charge in [-0.1, -0.05) is 34.8 Å². The second kappa shape index (κ2) is 8.48. The maximum atomic E-state index is 12.6. The van der Waals surface area contributed by atoms with Gasteiger partial charge in [-0.05, 0) is 49.4 Å². The Bertz CT molecular complexity index is 833. The SMILES string of the molecule is CC(=O)C(=NNc1ccc(Cl)cc1Cl)C(C)C(=O)c1ccc(Cl)cc1. The van der Waals surface area contributed by atoms with E-state index in [9.17, 15) is 9.59 Å². The summed E-state index contributed by atoms with van der Waals surface area (Å²) in [6.45, 7) is 2.98. The van der Waals surface area contributed by atoms with Crippen LogP contribution < -0.4 is 5.43 Å². The number of hydrazone groups is 1. The monoisotopic (exact) mass is 396 g/mol. The Labute approximate surface area is 160 Å². The molecule has 1 N–H and O–H groups in total. The van der Waals surface area contributed by atoms with E-state index in [1.807, 2.05) is 0 Å². The van der Waals surface area contributed by atoms with Crippen LogP contribution in [0, 0.1) is 5.92 Å². The summed E-state index contributed by atoms with van der Waals surface area (Å²) in [5.41, 5.74) is 3.76. The number of halogens is 3. The normalized spacial score (nSPS) is 12.6. The number of nitrogens with one attached hydrogen (secondary N) is 1. The quantitative estimate of drug-likeness (QED) is 0.396. The Morgan fingerprint density at radius 3 is 2.16 bits per heavy atom. The highest BCUT2D eigenvalue weighted by Gasteiger charge is 2.24. The predicted octanol–water partition coefficient (Wildman–Crippen LogP) is 5.52. The number of ketones is 2. The Morgan fingerprint density at radius 2 is 1.60 bits per heavy atom. The smallest absolute Gasteiger partial charge is 0.176 e. The lowest BCUT2D eigenvalue weighted by Crippen LogP contribution is -2.27. The second-order valence-electron chi connectivity index (χ2n) is 5.38. The Kier molecular flexibility index (Phi) is 6.59. The lowest BCUT2D eigenvalue weighted by atomic mass is 9.93. The minimum Gasteiger partial charge on any atom is -0.293 e. The van der Waals surface area contributed by atoms with Crippen LogP contribution in [0.15, 0.2) is 47.6 Å². The first-order chi connectivity index (χ1) is 11.8. The second-order valence-corrected chi connectivity index (χ2v) is 6.66. The van der Waals surface area contributed by atoms with Crippen molar-refractivity contribution in [2.75, 3.05) is 5.43 Å². The summed E-state index contributed by atoms with van der Waals surface area (Å²) in [5.74, 6) is -1.26. The predicted molar refractivity (Wildman–Crippen MR) is 103 cm³/mol. The highest BCUT2D eigenvalue weighted by molar-refractivity contribution is 6.44. The molecule has 1 unspecified atom stereocenters. The van der Waals surface area contributed by atoms with E-state index in [0.717, 1.165) is 0 Å². The minimum atomic E-state index is -0.725. The summed E-state index contributed by atoms with van der Waals surface area (Å²) in [6.07, 6.45) is 0. The van der Waals surface area contributed by atoms with Gasteiger partial charge in [0.1, 0.15) is 5.71 Å². The third-order valence-corrected chi connectivity index (χ3v) is 4.32. The molecule has 0 spiro atoms. The van der Waals surface area contributed by atoms with Crippen molar-refractivity contribution >= 4 is 57.8 Å². The van der Waals surface area contributed by atoms with Gasteiger partial charge in [0.2, 0.25) is 0 Å². The fraction of sp³-hybridized carbons (Fsp3) is 0.167. The fourth-order valence-corrected chi connectivity index (χ4v) is 2.75. The molecular formula is C18H15Cl3N2O2. The van der Waals surface area contributed by atoms with Crippen molar-refractivity contribution in [3.8, 4) is 0 Å². The van der Waals surface area contributed by atoms with Gasteiger partial charge in [0.25, 0.3) is 0 Å². The number of nitrogens with zero attached hydrogens (tertiary/aromatic N) is 1. The van der Waals surface area contributed by atoms with Crippen LogP contribution in [0.1, 0.15) is 24.2 Å². The summed E-state index contributed by atoms with van der Waals surface area (Å²) in [6, 6.07) is 11.3. The summed E-state index contributed by atoms with van der Waals surface area (Å²) >= 11 is 17.7. The van der Waals surface area contributed by atoms with E-state index in [1.54, 1.807) is 49.4 Å². The molecule has 25 heavy (non-hydrogen) atoms. The van der Waals surface area contributed by atoms with E-state index >= 15 is 0 Å². The highest BCUT2D eigenvalue weighted by Crippen LogP contribution is 2.25. The van der Waals surface area contributed by atoms with Crippen molar-refractivity contribution in [2.45, 2.75) is 13.8 Å². The number of anilines is 1. The van der Waals surface area contributed by atoms with Gasteiger partial charge in [-0.15, -0.1) is 0 Å². The zero-order chi connectivity index (χ0) is 18.6. The average molecular weight is 398 g/mol. The standard InChI is InChI=1S/C18H15Cl3N2O2/c1-10(18(25)12-3-5-13(19)6-4-12)17(11(2)24)23-22-16-8-7-14(20)9-15(16)21/h3-10,22H,1-2H3. The van der Waals surface area contributed by atoms with Gasteiger partial charge in [-0.25, -0.2) is 0 Å². The van der Waals surface area contributed by atoms with E-state index in [4.69, 9.17) is 34.8 Å². The van der Waals surface area contributed by atoms with Gasteiger partial charge in [-0.2, -0.15) is 5.10 Å². The van der Waals surface area contributed by atoms with Crippen LogP contribution in [0.25, 0.3) is 0 Å². The fourth-order valence-electron chi connectivity index (χ4n) is 2.17. The van der Waals surface area contributed by atoms with Crippen LogP contribution in [0.3, 0.4) is 0 Å². The topological polar surface area (TPSA) is 58.5 Å². The van der Waals surface area contributed by atoms with Crippen molar-refractivity contribution in [3.05, 3.63) is 63.1 Å². The van der Waals surface area contributed by atoms with Gasteiger partial charge in [0, 0.05) is 22.5 Å². The van der Waals surface area contributed by atoms with Crippen molar-refractivity contribution in [1.29, 1.82) is 0 Å². The molecule has 2 aromatic rings. The van der Waals surface area contributed by atoms with E-state index in [1.165, 1.54) is 6.92 Å². The van der Waals surface area contributed by atoms with Crippen molar-refractivity contribution in [3.63, 3.8) is 0 Å². The molecule has 130 valence electrons. The first kappa shape index (κ1) is 19.4. The minimum absolute atomic E-state index is 0.103. The number of hydrogen-bond acceptors (Lipinski definition) is 4. The molecule has 0 aliphatic carbocycles. The largest absolute Gasteiger partial charge is 0.293 e. The summed E-state index contributed by atoms with van der Waals surface area (Å²) in [4.78, 5) is 24.5. The summed E-state index contributed by atoms with van der Waals surface area (Å²) in [7, 11) is 0. The average Bonchev–Trinajstić information content (AvgIpc) is 2.56. The number of benzene rings is 2. The molecule has 0 saturated heterocycles. The zero-order valence-corrected chi connectivity index (χ0v) is 15.8. The third kappa shape index (κ3) is 5.05.